The van der Waals surface area contributed by atoms with Gasteiger partial charge in [0.25, 0.3) is 5.91 Å². The van der Waals surface area contributed by atoms with Crippen molar-refractivity contribution in [3.63, 3.8) is 0 Å². The Kier molecular flexibility index (Phi) is 5.75. The summed E-state index contributed by atoms with van der Waals surface area (Å²) >= 11 is 5.97. The van der Waals surface area contributed by atoms with E-state index in [1.807, 2.05) is 6.07 Å². The lowest BCUT2D eigenvalue weighted by atomic mass is 9.88. The van der Waals surface area contributed by atoms with Crippen LogP contribution in [0.3, 0.4) is 0 Å². The molecule has 1 heterocycles. The van der Waals surface area contributed by atoms with E-state index in [2.05, 4.69) is 5.32 Å². The van der Waals surface area contributed by atoms with Crippen molar-refractivity contribution in [3.05, 3.63) is 64.4 Å². The predicted octanol–water partition coefficient (Wildman–Crippen LogP) is 4.28. The molecule has 1 aliphatic carbocycles. The van der Waals surface area contributed by atoms with Crippen LogP contribution in [-0.4, -0.2) is 34.6 Å². The quantitative estimate of drug-likeness (QED) is 0.772. The summed E-state index contributed by atoms with van der Waals surface area (Å²) in [5.74, 6) is -1.40. The van der Waals surface area contributed by atoms with Gasteiger partial charge in [-0.3, -0.25) is 14.6 Å². The van der Waals surface area contributed by atoms with Crippen molar-refractivity contribution in [1.29, 1.82) is 5.26 Å². The van der Waals surface area contributed by atoms with Crippen LogP contribution in [0.25, 0.3) is 0 Å². The molecule has 1 aliphatic heterocycles. The molecule has 1 N–H and O–H groups in total. The van der Waals surface area contributed by atoms with Crippen molar-refractivity contribution in [2.24, 2.45) is 4.99 Å². The van der Waals surface area contributed by atoms with Gasteiger partial charge in [-0.2, -0.15) is 5.26 Å². The molecule has 0 bridgehead atoms. The number of hydrogen-bond donors (Lipinski definition) is 1. The first-order valence-electron chi connectivity index (χ1n) is 10.1. The van der Waals surface area contributed by atoms with E-state index >= 15 is 0 Å². The van der Waals surface area contributed by atoms with Crippen LogP contribution in [0.15, 0.2) is 47.5 Å². The second-order valence-electron chi connectivity index (χ2n) is 7.79. The van der Waals surface area contributed by atoms with Crippen LogP contribution in [0.5, 0.6) is 0 Å². The molecule has 8 heteroatoms. The van der Waals surface area contributed by atoms with Crippen LogP contribution in [0, 0.1) is 17.1 Å². The number of carbonyl (C=O) groups excluding carboxylic acids is 2. The number of anilines is 1. The van der Waals surface area contributed by atoms with Crippen LogP contribution in [0.1, 0.15) is 43.2 Å². The molecule has 31 heavy (non-hydrogen) atoms. The number of aliphatic imine (C=N–C) groups is 1. The zero-order valence-corrected chi connectivity index (χ0v) is 17.5. The maximum Gasteiger partial charge on any atom is 0.275 e. The highest BCUT2D eigenvalue weighted by atomic mass is 35.5. The van der Waals surface area contributed by atoms with Crippen molar-refractivity contribution in [1.82, 2.24) is 4.90 Å². The molecule has 0 atom stereocenters. The van der Waals surface area contributed by atoms with E-state index in [-0.39, 0.29) is 23.7 Å². The molecular weight excluding hydrogens is 419 g/mol. The van der Waals surface area contributed by atoms with E-state index < -0.39 is 17.4 Å². The van der Waals surface area contributed by atoms with E-state index in [1.165, 1.54) is 11.0 Å². The maximum absolute atomic E-state index is 13.7. The molecule has 1 fully saturated rings. The summed E-state index contributed by atoms with van der Waals surface area (Å²) < 4.78 is 13.7. The number of nitrogens with zero attached hydrogens (tertiary/aromatic N) is 3. The Labute approximate surface area is 184 Å². The number of carbonyl (C=O) groups is 2. The molecule has 4 rings (SSSR count). The van der Waals surface area contributed by atoms with E-state index in [0.717, 1.165) is 31.4 Å². The van der Waals surface area contributed by atoms with Crippen molar-refractivity contribution >= 4 is 34.8 Å². The maximum atomic E-state index is 13.7. The standard InChI is InChI=1S/C23H20ClFN4O2/c24-17-6-4-16(5-7-17)21-22(31)29(23(28-21)8-2-1-3-9-23)14-20(30)27-19-11-15(13-26)10-18(25)12-19/h4-7,10-12H,1-3,8-9,14H2,(H,27,30). The van der Waals surface area contributed by atoms with Gasteiger partial charge in [0, 0.05) is 16.3 Å². The summed E-state index contributed by atoms with van der Waals surface area (Å²) in [7, 11) is 0. The molecule has 0 saturated heterocycles. The molecule has 0 unspecified atom stereocenters. The first kappa shape index (κ1) is 21.0. The SMILES string of the molecule is N#Cc1cc(F)cc(NC(=O)CN2C(=O)C(c3ccc(Cl)cc3)=NC23CCCCC3)c1. The molecule has 2 amide bonds. The van der Waals surface area contributed by atoms with Gasteiger partial charge in [0.1, 0.15) is 23.7 Å². The topological polar surface area (TPSA) is 85.6 Å². The van der Waals surface area contributed by atoms with Gasteiger partial charge in [-0.25, -0.2) is 4.39 Å². The van der Waals surface area contributed by atoms with Gasteiger partial charge in [-0.15, -0.1) is 0 Å². The zero-order chi connectivity index (χ0) is 22.0. The molecule has 1 spiro atoms. The molecule has 2 aliphatic rings. The van der Waals surface area contributed by atoms with Crippen LogP contribution in [0.2, 0.25) is 5.02 Å². The van der Waals surface area contributed by atoms with Crippen molar-refractivity contribution in [3.8, 4) is 6.07 Å². The number of amides is 2. The van der Waals surface area contributed by atoms with Crippen LogP contribution < -0.4 is 5.32 Å². The second-order valence-corrected chi connectivity index (χ2v) is 8.23. The molecule has 6 nitrogen and oxygen atoms in total. The lowest BCUT2D eigenvalue weighted by Crippen LogP contribution is -2.51. The third-order valence-electron chi connectivity index (χ3n) is 5.65. The predicted molar refractivity (Wildman–Crippen MR) is 115 cm³/mol. The van der Waals surface area contributed by atoms with E-state index in [4.69, 9.17) is 21.9 Å². The number of nitriles is 1. The summed E-state index contributed by atoms with van der Waals surface area (Å²) in [6.07, 6.45) is 4.25. The van der Waals surface area contributed by atoms with Crippen molar-refractivity contribution < 1.29 is 14.0 Å². The summed E-state index contributed by atoms with van der Waals surface area (Å²) in [5.41, 5.74) is 0.505. The van der Waals surface area contributed by atoms with Crippen molar-refractivity contribution in [2.75, 3.05) is 11.9 Å². The average molecular weight is 439 g/mol. The number of benzene rings is 2. The number of halogens is 2. The van der Waals surface area contributed by atoms with Crippen LogP contribution in [-0.2, 0) is 9.59 Å². The number of nitrogens with one attached hydrogen (secondary N) is 1. The van der Waals surface area contributed by atoms with Gasteiger partial charge >= 0.3 is 0 Å². The monoisotopic (exact) mass is 438 g/mol. The van der Waals surface area contributed by atoms with Gasteiger partial charge in [0.15, 0.2) is 0 Å². The van der Waals surface area contributed by atoms with Crippen LogP contribution >= 0.6 is 11.6 Å². The summed E-state index contributed by atoms with van der Waals surface area (Å²) in [5, 5.41) is 12.2. The first-order valence-corrected chi connectivity index (χ1v) is 10.5. The van der Waals surface area contributed by atoms with Crippen molar-refractivity contribution in [2.45, 2.75) is 37.8 Å². The fraction of sp³-hybridized carbons (Fsp3) is 0.304. The fourth-order valence-electron chi connectivity index (χ4n) is 4.22. The molecule has 2 aromatic carbocycles. The lowest BCUT2D eigenvalue weighted by molar-refractivity contribution is -0.134. The van der Waals surface area contributed by atoms with E-state index in [9.17, 15) is 14.0 Å². The average Bonchev–Trinajstić information content (AvgIpc) is 3.00. The highest BCUT2D eigenvalue weighted by Gasteiger charge is 2.48. The Morgan fingerprint density at radius 2 is 1.90 bits per heavy atom. The third-order valence-corrected chi connectivity index (χ3v) is 5.91. The zero-order valence-electron chi connectivity index (χ0n) is 16.7. The molecule has 1 saturated carbocycles. The van der Waals surface area contributed by atoms with Gasteiger partial charge in [-0.1, -0.05) is 30.2 Å². The lowest BCUT2D eigenvalue weighted by Gasteiger charge is -2.38. The Balaban J connectivity index is 1.58. The molecule has 0 radical (unpaired) electrons. The highest BCUT2D eigenvalue weighted by molar-refractivity contribution is 6.47. The largest absolute Gasteiger partial charge is 0.324 e. The summed E-state index contributed by atoms with van der Waals surface area (Å²) in [6.45, 7) is -0.210. The summed E-state index contributed by atoms with van der Waals surface area (Å²) in [4.78, 5) is 32.4. The normalized spacial score (nSPS) is 17.4. The van der Waals surface area contributed by atoms with E-state index in [0.29, 0.717) is 29.1 Å². The second kappa shape index (κ2) is 8.48. The van der Waals surface area contributed by atoms with E-state index in [1.54, 1.807) is 24.3 Å². The van der Waals surface area contributed by atoms with Gasteiger partial charge in [-0.05, 0) is 56.0 Å². The third kappa shape index (κ3) is 4.30. The van der Waals surface area contributed by atoms with Gasteiger partial charge in [0.05, 0.1) is 11.6 Å². The van der Waals surface area contributed by atoms with Gasteiger partial charge < -0.3 is 10.2 Å². The molecule has 0 aromatic heterocycles. The molecule has 158 valence electrons. The highest BCUT2D eigenvalue weighted by Crippen LogP contribution is 2.39. The fourth-order valence-corrected chi connectivity index (χ4v) is 4.34. The first-order chi connectivity index (χ1) is 14.9. The summed E-state index contributed by atoms with van der Waals surface area (Å²) in [6, 6.07) is 12.4. The Hall–Kier alpha value is -3.24. The van der Waals surface area contributed by atoms with Crippen LogP contribution in [0.4, 0.5) is 10.1 Å². The Morgan fingerprint density at radius 1 is 1.19 bits per heavy atom. The molecular formula is C23H20ClFN4O2. The van der Waals surface area contributed by atoms with Gasteiger partial charge in [0.2, 0.25) is 5.91 Å². The Bertz CT molecular complexity index is 1100. The Morgan fingerprint density at radius 3 is 2.58 bits per heavy atom. The number of rotatable bonds is 4. The minimum absolute atomic E-state index is 0.102. The smallest absolute Gasteiger partial charge is 0.275 e. The number of hydrogen-bond acceptors (Lipinski definition) is 4. The minimum Gasteiger partial charge on any atom is -0.324 e. The molecule has 2 aromatic rings. The minimum atomic E-state index is -0.749.